The van der Waals surface area contributed by atoms with E-state index in [1.54, 1.807) is 10.9 Å². The number of hydrogen-bond donors (Lipinski definition) is 1. The number of aliphatic hydroxyl groups is 1. The minimum absolute atomic E-state index is 0.00315. The van der Waals surface area contributed by atoms with Gasteiger partial charge in [0.15, 0.2) is 0 Å². The summed E-state index contributed by atoms with van der Waals surface area (Å²) in [6.45, 7) is 0. The zero-order chi connectivity index (χ0) is 10.8. The number of aromatic nitrogens is 2. The van der Waals surface area contributed by atoms with Crippen molar-refractivity contribution in [1.82, 2.24) is 9.78 Å². The monoisotopic (exact) mass is 210 g/mol. The van der Waals surface area contributed by atoms with E-state index in [-0.39, 0.29) is 12.1 Å². The van der Waals surface area contributed by atoms with Crippen LogP contribution < -0.4 is 0 Å². The number of hydrogen-bond acceptors (Lipinski definition) is 4. The molecule has 1 heterocycles. The van der Waals surface area contributed by atoms with Crippen LogP contribution in [0.4, 0.5) is 0 Å². The van der Waals surface area contributed by atoms with Gasteiger partial charge in [0, 0.05) is 6.20 Å². The van der Waals surface area contributed by atoms with Crippen LogP contribution in [0.25, 0.3) is 0 Å². The first-order chi connectivity index (χ1) is 7.22. The third-order valence-electron chi connectivity index (χ3n) is 2.81. The molecule has 0 saturated heterocycles. The number of carbonyl (C=O) groups excluding carboxylic acids is 1. The molecule has 1 N–H and O–H groups in total. The van der Waals surface area contributed by atoms with Gasteiger partial charge in [-0.2, -0.15) is 5.10 Å². The number of rotatable bonds is 2. The van der Waals surface area contributed by atoms with Crippen molar-refractivity contribution in [1.29, 1.82) is 0 Å². The van der Waals surface area contributed by atoms with Crippen molar-refractivity contribution in [3.63, 3.8) is 0 Å². The smallest absolute Gasteiger partial charge is 0.341 e. The Hall–Kier alpha value is -1.36. The van der Waals surface area contributed by atoms with Gasteiger partial charge in [-0.15, -0.1) is 0 Å². The summed E-state index contributed by atoms with van der Waals surface area (Å²) in [5.41, 5.74) is 0.427. The zero-order valence-corrected chi connectivity index (χ0v) is 8.59. The van der Waals surface area contributed by atoms with Gasteiger partial charge in [-0.3, -0.25) is 4.68 Å². The molecule has 1 fully saturated rings. The predicted octanol–water partition coefficient (Wildman–Crippen LogP) is 0.756. The predicted molar refractivity (Wildman–Crippen MR) is 52.5 cm³/mol. The lowest BCUT2D eigenvalue weighted by atomic mass is 10.2. The molecule has 1 aliphatic carbocycles. The molecule has 82 valence electrons. The normalized spacial score (nSPS) is 25.5. The average molecular weight is 210 g/mol. The molecule has 0 unspecified atom stereocenters. The highest BCUT2D eigenvalue weighted by Crippen LogP contribution is 2.29. The number of methoxy groups -OCH3 is 1. The summed E-state index contributed by atoms with van der Waals surface area (Å²) in [7, 11) is 1.34. The molecule has 2 atom stereocenters. The van der Waals surface area contributed by atoms with Gasteiger partial charge in [0.2, 0.25) is 0 Å². The largest absolute Gasteiger partial charge is 0.465 e. The molecule has 1 aliphatic rings. The average Bonchev–Trinajstić information content (AvgIpc) is 2.84. The molecule has 0 amide bonds. The first-order valence-corrected chi connectivity index (χ1v) is 5.03. The third kappa shape index (κ3) is 1.87. The van der Waals surface area contributed by atoms with E-state index < -0.39 is 5.97 Å². The Morgan fingerprint density at radius 3 is 3.07 bits per heavy atom. The Morgan fingerprint density at radius 2 is 2.47 bits per heavy atom. The number of carbonyl (C=O) groups is 1. The van der Waals surface area contributed by atoms with Gasteiger partial charge in [0.25, 0.3) is 0 Å². The van der Waals surface area contributed by atoms with Crippen LogP contribution in [0.1, 0.15) is 35.7 Å². The van der Waals surface area contributed by atoms with Crippen LogP contribution in [-0.2, 0) is 4.74 Å². The summed E-state index contributed by atoms with van der Waals surface area (Å²) in [5.74, 6) is -0.395. The van der Waals surface area contributed by atoms with E-state index in [4.69, 9.17) is 0 Å². The van der Waals surface area contributed by atoms with Gasteiger partial charge in [0.05, 0.1) is 31.0 Å². The Balaban J connectivity index is 2.16. The highest BCUT2D eigenvalue weighted by Gasteiger charge is 2.27. The Bertz CT molecular complexity index is 361. The van der Waals surface area contributed by atoms with E-state index in [9.17, 15) is 9.90 Å². The topological polar surface area (TPSA) is 64.3 Å². The van der Waals surface area contributed by atoms with Crippen molar-refractivity contribution in [3.8, 4) is 0 Å². The fourth-order valence-corrected chi connectivity index (χ4v) is 1.97. The van der Waals surface area contributed by atoms with E-state index in [1.807, 2.05) is 0 Å². The lowest BCUT2D eigenvalue weighted by Gasteiger charge is -2.14. The van der Waals surface area contributed by atoms with Gasteiger partial charge in [-0.1, -0.05) is 0 Å². The molecule has 5 nitrogen and oxygen atoms in total. The highest BCUT2D eigenvalue weighted by molar-refractivity contribution is 5.88. The molecule has 0 bridgehead atoms. The van der Waals surface area contributed by atoms with Crippen molar-refractivity contribution in [3.05, 3.63) is 18.0 Å². The molecule has 0 spiro atoms. The second kappa shape index (κ2) is 4.02. The molecule has 5 heteroatoms. The molecular formula is C10H14N2O3. The number of aliphatic hydroxyl groups excluding tert-OH is 1. The summed E-state index contributed by atoms with van der Waals surface area (Å²) in [4.78, 5) is 11.2. The molecule has 0 aliphatic heterocycles. The van der Waals surface area contributed by atoms with Crippen LogP contribution in [0, 0.1) is 0 Å². The van der Waals surface area contributed by atoms with Gasteiger partial charge in [-0.25, -0.2) is 4.79 Å². The van der Waals surface area contributed by atoms with Gasteiger partial charge in [-0.05, 0) is 19.3 Å². The van der Waals surface area contributed by atoms with E-state index >= 15 is 0 Å². The quantitative estimate of drug-likeness (QED) is 0.732. The fraction of sp³-hybridized carbons (Fsp3) is 0.600. The van der Waals surface area contributed by atoms with Crippen molar-refractivity contribution in [2.24, 2.45) is 0 Å². The maximum absolute atomic E-state index is 11.2. The maximum atomic E-state index is 11.2. The summed E-state index contributed by atoms with van der Waals surface area (Å²) in [6, 6.07) is 0.00315. The minimum Gasteiger partial charge on any atom is -0.465 e. The number of nitrogens with zero attached hydrogens (tertiary/aromatic N) is 2. The van der Waals surface area contributed by atoms with E-state index in [1.165, 1.54) is 13.3 Å². The minimum atomic E-state index is -0.395. The highest BCUT2D eigenvalue weighted by atomic mass is 16.5. The van der Waals surface area contributed by atoms with Crippen LogP contribution in [0.5, 0.6) is 0 Å². The van der Waals surface area contributed by atoms with Crippen LogP contribution in [0.15, 0.2) is 12.4 Å². The van der Waals surface area contributed by atoms with Crippen LogP contribution in [-0.4, -0.2) is 34.1 Å². The zero-order valence-electron chi connectivity index (χ0n) is 8.59. The Labute approximate surface area is 87.7 Å². The fourth-order valence-electron chi connectivity index (χ4n) is 1.97. The molecule has 0 radical (unpaired) electrons. The molecule has 0 aromatic carbocycles. The molecule has 1 saturated carbocycles. The standard InChI is InChI=1S/C10H14N2O3/c1-15-10(14)7-5-11-12(6-7)8-3-2-4-9(8)13/h5-6,8-9,13H,2-4H2,1H3/t8-,9+/m1/s1. The molecule has 1 aromatic heterocycles. The Kier molecular flexibility index (Phi) is 2.73. The Morgan fingerprint density at radius 1 is 1.67 bits per heavy atom. The summed E-state index contributed by atoms with van der Waals surface area (Å²) >= 11 is 0. The number of esters is 1. The van der Waals surface area contributed by atoms with E-state index in [0.29, 0.717) is 5.56 Å². The van der Waals surface area contributed by atoms with Crippen LogP contribution >= 0.6 is 0 Å². The van der Waals surface area contributed by atoms with E-state index in [2.05, 4.69) is 9.84 Å². The third-order valence-corrected chi connectivity index (χ3v) is 2.81. The number of ether oxygens (including phenoxy) is 1. The molecule has 2 rings (SSSR count). The first-order valence-electron chi connectivity index (χ1n) is 5.03. The maximum Gasteiger partial charge on any atom is 0.341 e. The van der Waals surface area contributed by atoms with Crippen molar-refractivity contribution in [2.75, 3.05) is 7.11 Å². The second-order valence-electron chi connectivity index (χ2n) is 3.77. The van der Waals surface area contributed by atoms with E-state index in [0.717, 1.165) is 19.3 Å². The summed E-state index contributed by atoms with van der Waals surface area (Å²) < 4.78 is 6.24. The summed E-state index contributed by atoms with van der Waals surface area (Å²) in [5, 5.41) is 13.7. The lowest BCUT2D eigenvalue weighted by Crippen LogP contribution is -2.18. The molecular weight excluding hydrogens is 196 g/mol. The molecule has 15 heavy (non-hydrogen) atoms. The van der Waals surface area contributed by atoms with Gasteiger partial charge >= 0.3 is 5.97 Å². The first kappa shape index (κ1) is 10.2. The second-order valence-corrected chi connectivity index (χ2v) is 3.77. The molecule has 1 aromatic rings. The van der Waals surface area contributed by atoms with Crippen molar-refractivity contribution in [2.45, 2.75) is 31.4 Å². The van der Waals surface area contributed by atoms with Gasteiger partial charge in [0.1, 0.15) is 0 Å². The SMILES string of the molecule is COC(=O)c1cnn([C@@H]2CCC[C@@H]2O)c1. The van der Waals surface area contributed by atoms with Crippen molar-refractivity contribution < 1.29 is 14.6 Å². The lowest BCUT2D eigenvalue weighted by molar-refractivity contribution is 0.0600. The van der Waals surface area contributed by atoms with Crippen molar-refractivity contribution >= 4 is 5.97 Å². The van der Waals surface area contributed by atoms with Crippen LogP contribution in [0.2, 0.25) is 0 Å². The van der Waals surface area contributed by atoms with Gasteiger partial charge < -0.3 is 9.84 Å². The summed E-state index contributed by atoms with van der Waals surface area (Å²) in [6.07, 6.45) is 5.46. The van der Waals surface area contributed by atoms with Crippen LogP contribution in [0.3, 0.4) is 0 Å².